The highest BCUT2D eigenvalue weighted by Gasteiger charge is 2.24. The largest absolute Gasteiger partial charge is 0.467 e. The maximum atomic E-state index is 9.42. The van der Waals surface area contributed by atoms with E-state index in [9.17, 15) is 5.11 Å². The van der Waals surface area contributed by atoms with Gasteiger partial charge in [-0.25, -0.2) is 0 Å². The number of hydrogen-bond donors (Lipinski definition) is 2. The fraction of sp³-hybridized carbons (Fsp3) is 0.667. The van der Waals surface area contributed by atoms with Gasteiger partial charge in [0, 0.05) is 18.6 Å². The van der Waals surface area contributed by atoms with Crippen LogP contribution in [0.1, 0.15) is 32.4 Å². The number of furan rings is 1. The lowest BCUT2D eigenvalue weighted by Gasteiger charge is -2.29. The molecule has 0 radical (unpaired) electrons. The third-order valence-corrected chi connectivity index (χ3v) is 4.02. The zero-order valence-electron chi connectivity index (χ0n) is 9.92. The lowest BCUT2D eigenvalue weighted by Crippen LogP contribution is -2.36. The molecule has 0 amide bonds. The quantitative estimate of drug-likeness (QED) is 0.811. The van der Waals surface area contributed by atoms with Crippen molar-refractivity contribution in [3.05, 3.63) is 22.6 Å². The Morgan fingerprint density at radius 1 is 1.44 bits per heavy atom. The predicted molar refractivity (Wildman–Crippen MR) is 68.2 cm³/mol. The fourth-order valence-electron chi connectivity index (χ4n) is 1.67. The van der Waals surface area contributed by atoms with Crippen LogP contribution in [0.25, 0.3) is 0 Å². The molecule has 92 valence electrons. The van der Waals surface area contributed by atoms with Crippen molar-refractivity contribution in [1.29, 1.82) is 0 Å². The van der Waals surface area contributed by atoms with Crippen molar-refractivity contribution in [3.8, 4) is 0 Å². The van der Waals surface area contributed by atoms with Gasteiger partial charge in [0.1, 0.15) is 5.76 Å². The molecule has 2 N–H and O–H groups in total. The Hall–Kier alpha value is -0.320. The van der Waals surface area contributed by atoms with E-state index in [1.165, 1.54) is 0 Å². The number of rotatable bonds is 7. The minimum Gasteiger partial charge on any atom is -0.467 e. The molecular weight excluding hydrogens is 270 g/mol. The third kappa shape index (κ3) is 3.34. The van der Waals surface area contributed by atoms with Crippen LogP contribution < -0.4 is 5.32 Å². The van der Waals surface area contributed by atoms with Crippen LogP contribution in [0.15, 0.2) is 21.2 Å². The first-order chi connectivity index (χ1) is 7.67. The highest BCUT2D eigenvalue weighted by molar-refractivity contribution is 9.10. The van der Waals surface area contributed by atoms with E-state index in [-0.39, 0.29) is 12.0 Å². The molecule has 0 saturated heterocycles. The predicted octanol–water partition coefficient (Wildman–Crippen LogP) is 2.93. The smallest absolute Gasteiger partial charge is 0.131 e. The Balaban J connectivity index is 2.42. The van der Waals surface area contributed by atoms with Gasteiger partial charge in [-0.1, -0.05) is 13.8 Å². The Kier molecular flexibility index (Phi) is 5.52. The average molecular weight is 290 g/mol. The minimum absolute atomic E-state index is 0.000924. The lowest BCUT2D eigenvalue weighted by atomic mass is 9.83. The monoisotopic (exact) mass is 289 g/mol. The van der Waals surface area contributed by atoms with Crippen LogP contribution in [-0.4, -0.2) is 18.3 Å². The molecule has 0 aliphatic carbocycles. The first kappa shape index (κ1) is 13.7. The molecule has 0 aliphatic rings. The SMILES string of the molecule is CCC(CC)(CO)CNCc1occc1Br. The second-order valence-electron chi connectivity index (χ2n) is 4.16. The first-order valence-corrected chi connectivity index (χ1v) is 6.50. The van der Waals surface area contributed by atoms with Gasteiger partial charge in [0.05, 0.1) is 17.3 Å². The van der Waals surface area contributed by atoms with Crippen LogP contribution in [0.5, 0.6) is 0 Å². The molecule has 0 saturated carbocycles. The van der Waals surface area contributed by atoms with Crippen LogP contribution in [0.2, 0.25) is 0 Å². The standard InChI is InChI=1S/C12H20BrNO2/c1-3-12(4-2,9-15)8-14-7-11-10(13)5-6-16-11/h5-6,14-15H,3-4,7-9H2,1-2H3. The van der Waals surface area contributed by atoms with E-state index in [0.29, 0.717) is 6.54 Å². The minimum atomic E-state index is -0.000924. The van der Waals surface area contributed by atoms with E-state index in [4.69, 9.17) is 4.42 Å². The molecule has 0 aliphatic heterocycles. The second kappa shape index (κ2) is 6.42. The summed E-state index contributed by atoms with van der Waals surface area (Å²) in [5, 5.41) is 12.8. The molecule has 0 spiro atoms. The van der Waals surface area contributed by atoms with E-state index in [0.717, 1.165) is 29.6 Å². The van der Waals surface area contributed by atoms with E-state index in [1.807, 2.05) is 6.07 Å². The molecule has 1 rings (SSSR count). The number of aliphatic hydroxyl groups is 1. The highest BCUT2D eigenvalue weighted by Crippen LogP contribution is 2.25. The Morgan fingerprint density at radius 3 is 2.56 bits per heavy atom. The summed E-state index contributed by atoms with van der Waals surface area (Å²) in [5.41, 5.74) is -0.000924. The number of hydrogen-bond acceptors (Lipinski definition) is 3. The van der Waals surface area contributed by atoms with Gasteiger partial charge in [0.2, 0.25) is 0 Å². The molecule has 0 aromatic carbocycles. The lowest BCUT2D eigenvalue weighted by molar-refractivity contribution is 0.112. The van der Waals surface area contributed by atoms with Gasteiger partial charge in [-0.05, 0) is 34.8 Å². The summed E-state index contributed by atoms with van der Waals surface area (Å²) in [6, 6.07) is 1.88. The van der Waals surface area contributed by atoms with Crippen molar-refractivity contribution in [2.24, 2.45) is 5.41 Å². The zero-order chi connectivity index (χ0) is 12.0. The number of halogens is 1. The first-order valence-electron chi connectivity index (χ1n) is 5.71. The molecule has 0 fully saturated rings. The molecule has 0 atom stereocenters. The van der Waals surface area contributed by atoms with Crippen molar-refractivity contribution in [1.82, 2.24) is 5.32 Å². The molecule has 3 nitrogen and oxygen atoms in total. The summed E-state index contributed by atoms with van der Waals surface area (Å²) in [7, 11) is 0. The third-order valence-electron chi connectivity index (χ3n) is 3.31. The summed E-state index contributed by atoms with van der Waals surface area (Å²) in [6.07, 6.45) is 3.62. The normalized spacial score (nSPS) is 12.0. The van der Waals surface area contributed by atoms with E-state index in [1.54, 1.807) is 6.26 Å². The molecule has 4 heteroatoms. The maximum Gasteiger partial charge on any atom is 0.131 e. The molecule has 1 aromatic heterocycles. The molecular formula is C12H20BrNO2. The topological polar surface area (TPSA) is 45.4 Å². The average Bonchev–Trinajstić information content (AvgIpc) is 2.71. The van der Waals surface area contributed by atoms with E-state index in [2.05, 4.69) is 35.1 Å². The van der Waals surface area contributed by atoms with Crippen LogP contribution in [0.4, 0.5) is 0 Å². The van der Waals surface area contributed by atoms with Crippen LogP contribution >= 0.6 is 15.9 Å². The summed E-state index contributed by atoms with van der Waals surface area (Å²) < 4.78 is 6.30. The summed E-state index contributed by atoms with van der Waals surface area (Å²) >= 11 is 3.41. The van der Waals surface area contributed by atoms with Gasteiger partial charge in [-0.3, -0.25) is 0 Å². The summed E-state index contributed by atoms with van der Waals surface area (Å²) in [6.45, 7) is 5.96. The van der Waals surface area contributed by atoms with Crippen molar-refractivity contribution in [2.45, 2.75) is 33.2 Å². The van der Waals surface area contributed by atoms with Crippen LogP contribution in [-0.2, 0) is 6.54 Å². The second-order valence-corrected chi connectivity index (χ2v) is 5.01. The summed E-state index contributed by atoms with van der Waals surface area (Å²) in [5.74, 6) is 0.902. The van der Waals surface area contributed by atoms with E-state index < -0.39 is 0 Å². The van der Waals surface area contributed by atoms with Crippen molar-refractivity contribution >= 4 is 15.9 Å². The fourth-order valence-corrected chi connectivity index (χ4v) is 2.01. The van der Waals surface area contributed by atoms with Crippen LogP contribution in [0, 0.1) is 5.41 Å². The van der Waals surface area contributed by atoms with E-state index >= 15 is 0 Å². The molecule has 0 unspecified atom stereocenters. The van der Waals surface area contributed by atoms with Gasteiger partial charge >= 0.3 is 0 Å². The van der Waals surface area contributed by atoms with Gasteiger partial charge in [-0.15, -0.1) is 0 Å². The Bertz CT molecular complexity index is 299. The Morgan fingerprint density at radius 2 is 2.12 bits per heavy atom. The van der Waals surface area contributed by atoms with Crippen LogP contribution in [0.3, 0.4) is 0 Å². The molecule has 0 bridgehead atoms. The maximum absolute atomic E-state index is 9.42. The van der Waals surface area contributed by atoms with Gasteiger partial charge < -0.3 is 14.8 Å². The highest BCUT2D eigenvalue weighted by atomic mass is 79.9. The van der Waals surface area contributed by atoms with Crippen molar-refractivity contribution in [3.63, 3.8) is 0 Å². The number of nitrogens with one attached hydrogen (secondary N) is 1. The summed E-state index contributed by atoms with van der Waals surface area (Å²) in [4.78, 5) is 0. The molecule has 16 heavy (non-hydrogen) atoms. The Labute approximate surface area is 105 Å². The van der Waals surface area contributed by atoms with Gasteiger partial charge in [0.15, 0.2) is 0 Å². The van der Waals surface area contributed by atoms with Crippen molar-refractivity contribution < 1.29 is 9.52 Å². The van der Waals surface area contributed by atoms with Crippen molar-refractivity contribution in [2.75, 3.05) is 13.2 Å². The van der Waals surface area contributed by atoms with Gasteiger partial charge in [0.25, 0.3) is 0 Å². The zero-order valence-corrected chi connectivity index (χ0v) is 11.5. The van der Waals surface area contributed by atoms with Gasteiger partial charge in [-0.2, -0.15) is 0 Å². The molecule has 1 aromatic rings. The molecule has 1 heterocycles. The number of aliphatic hydroxyl groups excluding tert-OH is 1.